The molecule has 3 N–H and O–H groups in total. The SMILES string of the molecule is CN(CCCC(=O)O)C(=O)[C@@H](N)Cc1ccccc1. The Morgan fingerprint density at radius 2 is 1.95 bits per heavy atom. The molecule has 0 saturated carbocycles. The lowest BCUT2D eigenvalue weighted by Crippen LogP contribution is -2.43. The van der Waals surface area contributed by atoms with Gasteiger partial charge in [0.1, 0.15) is 0 Å². The van der Waals surface area contributed by atoms with Gasteiger partial charge in [0.2, 0.25) is 5.91 Å². The maximum atomic E-state index is 12.0. The Morgan fingerprint density at radius 3 is 2.53 bits per heavy atom. The summed E-state index contributed by atoms with van der Waals surface area (Å²) in [6.07, 6.45) is 0.990. The molecular formula is C14H20N2O3. The molecule has 0 aliphatic rings. The second-order valence-corrected chi connectivity index (χ2v) is 4.55. The summed E-state index contributed by atoms with van der Waals surface area (Å²) in [6, 6.07) is 8.99. The van der Waals surface area contributed by atoms with E-state index in [1.165, 1.54) is 4.90 Å². The largest absolute Gasteiger partial charge is 0.481 e. The van der Waals surface area contributed by atoms with Crippen LogP contribution in [0.5, 0.6) is 0 Å². The van der Waals surface area contributed by atoms with Crippen LogP contribution in [0, 0.1) is 0 Å². The standard InChI is InChI=1S/C14H20N2O3/c1-16(9-5-8-13(17)18)14(19)12(15)10-11-6-3-2-4-7-11/h2-4,6-7,12H,5,8-10,15H2,1H3,(H,17,18)/t12-/m0/s1. The van der Waals surface area contributed by atoms with Crippen molar-refractivity contribution in [2.45, 2.75) is 25.3 Å². The van der Waals surface area contributed by atoms with E-state index in [1.54, 1.807) is 7.05 Å². The Bertz CT molecular complexity index is 420. The molecule has 19 heavy (non-hydrogen) atoms. The minimum absolute atomic E-state index is 0.0611. The van der Waals surface area contributed by atoms with Crippen molar-refractivity contribution in [2.24, 2.45) is 5.73 Å². The zero-order valence-electron chi connectivity index (χ0n) is 11.1. The first-order valence-electron chi connectivity index (χ1n) is 6.27. The van der Waals surface area contributed by atoms with Crippen LogP contribution in [-0.4, -0.2) is 41.5 Å². The van der Waals surface area contributed by atoms with E-state index in [-0.39, 0.29) is 12.3 Å². The fourth-order valence-electron chi connectivity index (χ4n) is 1.82. The van der Waals surface area contributed by atoms with Crippen molar-refractivity contribution < 1.29 is 14.7 Å². The highest BCUT2D eigenvalue weighted by atomic mass is 16.4. The van der Waals surface area contributed by atoms with Gasteiger partial charge in [0, 0.05) is 20.0 Å². The van der Waals surface area contributed by atoms with Crippen molar-refractivity contribution in [3.8, 4) is 0 Å². The van der Waals surface area contributed by atoms with Crippen molar-refractivity contribution in [2.75, 3.05) is 13.6 Å². The Balaban J connectivity index is 2.41. The van der Waals surface area contributed by atoms with E-state index in [2.05, 4.69) is 0 Å². The van der Waals surface area contributed by atoms with Gasteiger partial charge in [-0.3, -0.25) is 9.59 Å². The molecule has 5 nitrogen and oxygen atoms in total. The summed E-state index contributed by atoms with van der Waals surface area (Å²) in [5.41, 5.74) is 6.89. The Hall–Kier alpha value is -1.88. The summed E-state index contributed by atoms with van der Waals surface area (Å²) in [4.78, 5) is 23.9. The van der Waals surface area contributed by atoms with Crippen LogP contribution in [0.3, 0.4) is 0 Å². The van der Waals surface area contributed by atoms with E-state index < -0.39 is 12.0 Å². The molecule has 0 bridgehead atoms. The Morgan fingerprint density at radius 1 is 1.32 bits per heavy atom. The number of carboxylic acids is 1. The third-order valence-electron chi connectivity index (χ3n) is 2.88. The van der Waals surface area contributed by atoms with Gasteiger partial charge < -0.3 is 15.7 Å². The number of nitrogens with zero attached hydrogens (tertiary/aromatic N) is 1. The zero-order valence-corrected chi connectivity index (χ0v) is 11.1. The van der Waals surface area contributed by atoms with Crippen LogP contribution in [0.2, 0.25) is 0 Å². The van der Waals surface area contributed by atoms with Gasteiger partial charge >= 0.3 is 5.97 Å². The number of amides is 1. The number of aliphatic carboxylic acids is 1. The molecule has 104 valence electrons. The molecule has 0 heterocycles. The van der Waals surface area contributed by atoms with Gasteiger partial charge in [-0.2, -0.15) is 0 Å². The van der Waals surface area contributed by atoms with Gasteiger partial charge in [0.05, 0.1) is 6.04 Å². The topological polar surface area (TPSA) is 83.6 Å². The van der Waals surface area contributed by atoms with Crippen molar-refractivity contribution >= 4 is 11.9 Å². The molecule has 0 radical (unpaired) electrons. The lowest BCUT2D eigenvalue weighted by atomic mass is 10.1. The van der Waals surface area contributed by atoms with Gasteiger partial charge in [0.15, 0.2) is 0 Å². The third-order valence-corrected chi connectivity index (χ3v) is 2.88. The average Bonchev–Trinajstić information content (AvgIpc) is 2.38. The number of nitrogens with two attached hydrogens (primary N) is 1. The number of carbonyl (C=O) groups excluding carboxylic acids is 1. The number of hydrogen-bond donors (Lipinski definition) is 2. The summed E-state index contributed by atoms with van der Waals surface area (Å²) in [5, 5.41) is 8.54. The smallest absolute Gasteiger partial charge is 0.303 e. The lowest BCUT2D eigenvalue weighted by molar-refractivity contribution is -0.138. The molecule has 5 heteroatoms. The number of likely N-dealkylation sites (N-methyl/N-ethyl adjacent to an activating group) is 1. The van der Waals surface area contributed by atoms with Gasteiger partial charge in [-0.1, -0.05) is 30.3 Å². The molecular weight excluding hydrogens is 244 g/mol. The summed E-state index contributed by atoms with van der Waals surface area (Å²) in [7, 11) is 1.65. The number of hydrogen-bond acceptors (Lipinski definition) is 3. The molecule has 0 aromatic heterocycles. The van der Waals surface area contributed by atoms with Crippen LogP contribution in [0.4, 0.5) is 0 Å². The van der Waals surface area contributed by atoms with Crippen LogP contribution >= 0.6 is 0 Å². The van der Waals surface area contributed by atoms with Crippen molar-refractivity contribution in [1.82, 2.24) is 4.90 Å². The van der Waals surface area contributed by atoms with E-state index >= 15 is 0 Å². The number of rotatable bonds is 7. The predicted octanol–water partition coefficient (Wildman–Crippen LogP) is 0.880. The van der Waals surface area contributed by atoms with E-state index in [0.717, 1.165) is 5.56 Å². The fourth-order valence-corrected chi connectivity index (χ4v) is 1.82. The van der Waals surface area contributed by atoms with Crippen LogP contribution in [0.1, 0.15) is 18.4 Å². The zero-order chi connectivity index (χ0) is 14.3. The monoisotopic (exact) mass is 264 g/mol. The molecule has 0 unspecified atom stereocenters. The van der Waals surface area contributed by atoms with E-state index in [4.69, 9.17) is 10.8 Å². The molecule has 0 aliphatic carbocycles. The highest BCUT2D eigenvalue weighted by Crippen LogP contribution is 2.04. The fraction of sp³-hybridized carbons (Fsp3) is 0.429. The maximum absolute atomic E-state index is 12.0. The van der Waals surface area contributed by atoms with Crippen molar-refractivity contribution in [1.29, 1.82) is 0 Å². The highest BCUT2D eigenvalue weighted by molar-refractivity contribution is 5.81. The van der Waals surface area contributed by atoms with E-state index in [0.29, 0.717) is 19.4 Å². The van der Waals surface area contributed by atoms with E-state index in [1.807, 2.05) is 30.3 Å². The van der Waals surface area contributed by atoms with Gasteiger partial charge in [0.25, 0.3) is 0 Å². The first-order valence-corrected chi connectivity index (χ1v) is 6.27. The van der Waals surface area contributed by atoms with Crippen LogP contribution in [-0.2, 0) is 16.0 Å². The molecule has 0 aliphatic heterocycles. The molecule has 1 rings (SSSR count). The van der Waals surface area contributed by atoms with Crippen molar-refractivity contribution in [3.63, 3.8) is 0 Å². The normalized spacial score (nSPS) is 11.9. The number of carbonyl (C=O) groups is 2. The highest BCUT2D eigenvalue weighted by Gasteiger charge is 2.18. The third kappa shape index (κ3) is 5.52. The summed E-state index contributed by atoms with van der Waals surface area (Å²) in [5.74, 6) is -1.01. The molecule has 0 fully saturated rings. The van der Waals surface area contributed by atoms with Gasteiger partial charge in [-0.25, -0.2) is 0 Å². The first-order chi connectivity index (χ1) is 9.00. The van der Waals surface area contributed by atoms with Crippen LogP contribution in [0.25, 0.3) is 0 Å². The number of carboxylic acid groups (broad SMARTS) is 1. The molecule has 1 atom stereocenters. The number of benzene rings is 1. The van der Waals surface area contributed by atoms with Gasteiger partial charge in [-0.15, -0.1) is 0 Å². The quantitative estimate of drug-likeness (QED) is 0.765. The van der Waals surface area contributed by atoms with Crippen LogP contribution < -0.4 is 5.73 Å². The Labute approximate surface area is 113 Å². The predicted molar refractivity (Wildman–Crippen MR) is 72.6 cm³/mol. The lowest BCUT2D eigenvalue weighted by Gasteiger charge is -2.21. The van der Waals surface area contributed by atoms with Crippen LogP contribution in [0.15, 0.2) is 30.3 Å². The first kappa shape index (κ1) is 15.2. The second-order valence-electron chi connectivity index (χ2n) is 4.55. The minimum Gasteiger partial charge on any atom is -0.481 e. The summed E-state index contributed by atoms with van der Waals surface area (Å²) in [6.45, 7) is 0.410. The second kappa shape index (κ2) is 7.53. The Kier molecular flexibility index (Phi) is 6.02. The average molecular weight is 264 g/mol. The van der Waals surface area contributed by atoms with Crippen molar-refractivity contribution in [3.05, 3.63) is 35.9 Å². The molecule has 0 spiro atoms. The molecule has 1 aromatic rings. The summed E-state index contributed by atoms with van der Waals surface area (Å²) >= 11 is 0. The molecule has 1 aromatic carbocycles. The van der Waals surface area contributed by atoms with Gasteiger partial charge in [-0.05, 0) is 18.4 Å². The summed E-state index contributed by atoms with van der Waals surface area (Å²) < 4.78 is 0. The maximum Gasteiger partial charge on any atom is 0.303 e. The minimum atomic E-state index is -0.852. The van der Waals surface area contributed by atoms with E-state index in [9.17, 15) is 9.59 Å². The molecule has 0 saturated heterocycles. The molecule has 1 amide bonds.